The summed E-state index contributed by atoms with van der Waals surface area (Å²) in [6.45, 7) is 1.97. The molecule has 3 N–H and O–H groups in total. The number of hydrogen-bond acceptors (Lipinski definition) is 3. The first-order valence-corrected chi connectivity index (χ1v) is 8.34. The van der Waals surface area contributed by atoms with Crippen LogP contribution in [-0.4, -0.2) is 28.5 Å². The van der Waals surface area contributed by atoms with E-state index in [-0.39, 0.29) is 5.91 Å². The molecule has 1 unspecified atom stereocenters. The first-order chi connectivity index (χ1) is 8.60. The number of rotatable bonds is 8. The van der Waals surface area contributed by atoms with E-state index in [1.54, 1.807) is 0 Å². The summed E-state index contributed by atoms with van der Waals surface area (Å²) in [4.78, 5) is 11.6. The van der Waals surface area contributed by atoms with Gasteiger partial charge in [-0.1, -0.05) is 12.8 Å². The predicted octanol–water partition coefficient (Wildman–Crippen LogP) is 2.44. The van der Waals surface area contributed by atoms with Gasteiger partial charge in [0, 0.05) is 11.3 Å². The lowest BCUT2D eigenvalue weighted by molar-refractivity contribution is -0.124. The molecular formula is C14H26N2OS. The Balaban J connectivity index is 1.66. The number of amides is 1. The number of carbonyl (C=O) groups excluding carboxylic acids is 1. The van der Waals surface area contributed by atoms with Crippen LogP contribution in [0.4, 0.5) is 0 Å². The van der Waals surface area contributed by atoms with Crippen LogP contribution in [0.2, 0.25) is 0 Å². The molecule has 0 heterocycles. The standard InChI is InChI=1S/C14H26N2OS/c1-14(13(15)17,16-11-7-8-11)9-4-10-18-12-5-2-3-6-12/h11-12,16H,2-10H2,1H3,(H2,15,17). The SMILES string of the molecule is CC(CCCSC1CCCC1)(NC1CC1)C(N)=O. The highest BCUT2D eigenvalue weighted by atomic mass is 32.2. The van der Waals surface area contributed by atoms with Crippen molar-refractivity contribution >= 4 is 17.7 Å². The van der Waals surface area contributed by atoms with Crippen LogP contribution in [0.1, 0.15) is 58.3 Å². The Bertz CT molecular complexity index is 288. The van der Waals surface area contributed by atoms with Crippen molar-refractivity contribution in [1.29, 1.82) is 0 Å². The molecule has 104 valence electrons. The summed E-state index contributed by atoms with van der Waals surface area (Å²) in [6, 6.07) is 0.532. The van der Waals surface area contributed by atoms with Crippen LogP contribution in [0.25, 0.3) is 0 Å². The third-order valence-electron chi connectivity index (χ3n) is 4.12. The molecule has 18 heavy (non-hydrogen) atoms. The molecule has 0 aromatic heterocycles. The Morgan fingerprint density at radius 1 is 1.33 bits per heavy atom. The lowest BCUT2D eigenvalue weighted by Gasteiger charge is -2.27. The van der Waals surface area contributed by atoms with Gasteiger partial charge in [0.15, 0.2) is 0 Å². The summed E-state index contributed by atoms with van der Waals surface area (Å²) in [7, 11) is 0. The van der Waals surface area contributed by atoms with E-state index in [4.69, 9.17) is 5.73 Å². The van der Waals surface area contributed by atoms with Gasteiger partial charge in [0.05, 0.1) is 5.54 Å². The van der Waals surface area contributed by atoms with Crippen molar-refractivity contribution in [2.45, 2.75) is 75.1 Å². The Kier molecular flexibility index (Phi) is 4.96. The molecule has 0 aliphatic heterocycles. The van der Waals surface area contributed by atoms with Crippen molar-refractivity contribution in [2.24, 2.45) is 5.73 Å². The molecule has 2 fully saturated rings. The molecule has 1 amide bonds. The number of primary amides is 1. The summed E-state index contributed by atoms with van der Waals surface area (Å²) < 4.78 is 0. The molecule has 2 rings (SSSR count). The van der Waals surface area contributed by atoms with Crippen molar-refractivity contribution in [1.82, 2.24) is 5.32 Å². The maximum absolute atomic E-state index is 11.6. The minimum absolute atomic E-state index is 0.194. The van der Waals surface area contributed by atoms with Crippen LogP contribution in [-0.2, 0) is 4.79 Å². The molecule has 3 nitrogen and oxygen atoms in total. The topological polar surface area (TPSA) is 55.1 Å². The van der Waals surface area contributed by atoms with Gasteiger partial charge in [0.25, 0.3) is 0 Å². The van der Waals surface area contributed by atoms with Gasteiger partial charge in [-0.15, -0.1) is 0 Å². The smallest absolute Gasteiger partial charge is 0.237 e. The van der Waals surface area contributed by atoms with Gasteiger partial charge in [0.1, 0.15) is 0 Å². The number of nitrogens with one attached hydrogen (secondary N) is 1. The normalized spacial score (nSPS) is 24.1. The van der Waals surface area contributed by atoms with E-state index in [2.05, 4.69) is 17.1 Å². The zero-order valence-electron chi connectivity index (χ0n) is 11.4. The van der Waals surface area contributed by atoms with Crippen LogP contribution in [0, 0.1) is 0 Å². The molecule has 1 atom stereocenters. The van der Waals surface area contributed by atoms with Crippen LogP contribution < -0.4 is 11.1 Å². The third-order valence-corrected chi connectivity index (χ3v) is 5.59. The summed E-state index contributed by atoms with van der Waals surface area (Å²) in [5.74, 6) is 0.972. The highest BCUT2D eigenvalue weighted by molar-refractivity contribution is 7.99. The number of thioether (sulfide) groups is 1. The van der Waals surface area contributed by atoms with Crippen LogP contribution >= 0.6 is 11.8 Å². The van der Waals surface area contributed by atoms with Crippen molar-refractivity contribution in [3.63, 3.8) is 0 Å². The first-order valence-electron chi connectivity index (χ1n) is 7.29. The van der Waals surface area contributed by atoms with Gasteiger partial charge < -0.3 is 11.1 Å². The fraction of sp³-hybridized carbons (Fsp3) is 0.929. The van der Waals surface area contributed by atoms with E-state index in [0.29, 0.717) is 6.04 Å². The summed E-state index contributed by atoms with van der Waals surface area (Å²) in [5, 5.41) is 4.29. The number of hydrogen-bond donors (Lipinski definition) is 2. The minimum Gasteiger partial charge on any atom is -0.368 e. The second-order valence-electron chi connectivity index (χ2n) is 6.00. The molecule has 0 aromatic rings. The molecule has 2 saturated carbocycles. The average Bonchev–Trinajstić information content (AvgIpc) is 2.97. The number of carbonyl (C=O) groups is 1. The van der Waals surface area contributed by atoms with Gasteiger partial charge >= 0.3 is 0 Å². The highest BCUT2D eigenvalue weighted by Gasteiger charge is 2.36. The Morgan fingerprint density at radius 2 is 2.00 bits per heavy atom. The lowest BCUT2D eigenvalue weighted by Crippen LogP contribution is -2.54. The second kappa shape index (κ2) is 6.29. The molecule has 0 aromatic carbocycles. The molecular weight excluding hydrogens is 244 g/mol. The third kappa shape index (κ3) is 4.16. The van der Waals surface area contributed by atoms with Crippen LogP contribution in [0.3, 0.4) is 0 Å². The zero-order chi connectivity index (χ0) is 13.0. The Labute approximate surface area is 115 Å². The number of nitrogens with two attached hydrogens (primary N) is 1. The molecule has 2 aliphatic carbocycles. The Hall–Kier alpha value is -0.220. The average molecular weight is 270 g/mol. The van der Waals surface area contributed by atoms with Gasteiger partial charge in [-0.2, -0.15) is 11.8 Å². The zero-order valence-corrected chi connectivity index (χ0v) is 12.2. The molecule has 4 heteroatoms. The second-order valence-corrected chi connectivity index (χ2v) is 7.40. The van der Waals surface area contributed by atoms with Crippen molar-refractivity contribution < 1.29 is 4.79 Å². The predicted molar refractivity (Wildman–Crippen MR) is 77.7 cm³/mol. The monoisotopic (exact) mass is 270 g/mol. The van der Waals surface area contributed by atoms with Crippen LogP contribution in [0.5, 0.6) is 0 Å². The minimum atomic E-state index is -0.489. The fourth-order valence-electron chi connectivity index (χ4n) is 2.68. The van der Waals surface area contributed by atoms with E-state index in [1.807, 2.05) is 6.92 Å². The van der Waals surface area contributed by atoms with E-state index in [1.165, 1.54) is 44.3 Å². The Morgan fingerprint density at radius 3 is 2.56 bits per heavy atom. The van der Waals surface area contributed by atoms with E-state index >= 15 is 0 Å². The van der Waals surface area contributed by atoms with Crippen LogP contribution in [0.15, 0.2) is 0 Å². The van der Waals surface area contributed by atoms with Crippen molar-refractivity contribution in [3.05, 3.63) is 0 Å². The first kappa shape index (κ1) is 14.2. The highest BCUT2D eigenvalue weighted by Crippen LogP contribution is 2.31. The van der Waals surface area contributed by atoms with Gasteiger partial charge in [-0.05, 0) is 51.2 Å². The largest absolute Gasteiger partial charge is 0.368 e. The molecule has 0 bridgehead atoms. The molecule has 0 saturated heterocycles. The maximum Gasteiger partial charge on any atom is 0.237 e. The summed E-state index contributed by atoms with van der Waals surface area (Å²) >= 11 is 2.09. The van der Waals surface area contributed by atoms with E-state index < -0.39 is 5.54 Å². The molecule has 0 radical (unpaired) electrons. The van der Waals surface area contributed by atoms with Gasteiger partial charge in [-0.25, -0.2) is 0 Å². The molecule has 0 spiro atoms. The summed E-state index contributed by atoms with van der Waals surface area (Å²) in [6.07, 6.45) is 9.92. The lowest BCUT2D eigenvalue weighted by atomic mass is 9.95. The quantitative estimate of drug-likeness (QED) is 0.666. The van der Waals surface area contributed by atoms with Gasteiger partial charge in [-0.3, -0.25) is 4.79 Å². The van der Waals surface area contributed by atoms with Crippen molar-refractivity contribution in [2.75, 3.05) is 5.75 Å². The molecule has 2 aliphatic rings. The fourth-order valence-corrected chi connectivity index (χ4v) is 3.99. The van der Waals surface area contributed by atoms with E-state index in [0.717, 1.165) is 18.1 Å². The maximum atomic E-state index is 11.6. The van der Waals surface area contributed by atoms with Gasteiger partial charge in [0.2, 0.25) is 5.91 Å². The van der Waals surface area contributed by atoms with E-state index in [9.17, 15) is 4.79 Å². The van der Waals surface area contributed by atoms with Crippen molar-refractivity contribution in [3.8, 4) is 0 Å². The summed E-state index contributed by atoms with van der Waals surface area (Å²) in [5.41, 5.74) is 5.05.